The van der Waals surface area contributed by atoms with Gasteiger partial charge in [0.05, 0.1) is 23.8 Å². The highest BCUT2D eigenvalue weighted by atomic mass is 16.6. The normalized spacial score (nSPS) is 14.5. The molecule has 2 aromatic heterocycles. The average Bonchev–Trinajstić information content (AvgIpc) is 3.22. The van der Waals surface area contributed by atoms with Crippen molar-refractivity contribution in [2.45, 2.75) is 52.2 Å². The Kier molecular flexibility index (Phi) is 6.66. The van der Waals surface area contributed by atoms with E-state index in [1.165, 1.54) is 0 Å². The summed E-state index contributed by atoms with van der Waals surface area (Å²) in [5.74, 6) is 0.508. The second-order valence-electron chi connectivity index (χ2n) is 7.55. The van der Waals surface area contributed by atoms with Crippen molar-refractivity contribution < 1.29 is 14.3 Å². The average molecular weight is 424 g/mol. The lowest BCUT2D eigenvalue weighted by Gasteiger charge is -2.26. The highest BCUT2D eigenvalue weighted by Crippen LogP contribution is 2.31. The van der Waals surface area contributed by atoms with E-state index in [0.717, 1.165) is 67.0 Å². The predicted molar refractivity (Wildman–Crippen MR) is 119 cm³/mol. The molecule has 2 N–H and O–H groups in total. The van der Waals surface area contributed by atoms with Gasteiger partial charge in [0.1, 0.15) is 5.75 Å². The van der Waals surface area contributed by atoms with E-state index in [-0.39, 0.29) is 0 Å². The van der Waals surface area contributed by atoms with Gasteiger partial charge < -0.3 is 20.1 Å². The summed E-state index contributed by atoms with van der Waals surface area (Å²) in [4.78, 5) is 17.3. The minimum Gasteiger partial charge on any atom is -0.410 e. The summed E-state index contributed by atoms with van der Waals surface area (Å²) < 4.78 is 12.8. The van der Waals surface area contributed by atoms with Crippen molar-refractivity contribution in [3.8, 4) is 5.75 Å². The molecule has 8 nitrogen and oxygen atoms in total. The molecule has 4 rings (SSSR count). The van der Waals surface area contributed by atoms with Crippen molar-refractivity contribution in [2.24, 2.45) is 0 Å². The number of nitrogens with zero attached hydrogens (tertiary/aromatic N) is 3. The molecule has 31 heavy (non-hydrogen) atoms. The molecule has 0 atom stereocenters. The van der Waals surface area contributed by atoms with Gasteiger partial charge in [-0.15, -0.1) is 0 Å². The van der Waals surface area contributed by atoms with Crippen LogP contribution in [0.1, 0.15) is 37.9 Å². The molecule has 1 fully saturated rings. The molecular formula is C23H29N5O3. The van der Waals surface area contributed by atoms with Crippen LogP contribution in [0.15, 0.2) is 36.5 Å². The van der Waals surface area contributed by atoms with Crippen molar-refractivity contribution in [1.82, 2.24) is 20.1 Å². The number of aryl methyl sites for hydroxylation is 2. The SMILES string of the molecule is CCc1nc2c(cnn2CC)c(NC2CCOCC2)c1CNC(=O)Oc1ccccc1. The Morgan fingerprint density at radius 3 is 2.71 bits per heavy atom. The van der Waals surface area contributed by atoms with Crippen LogP contribution in [0.25, 0.3) is 11.0 Å². The summed E-state index contributed by atoms with van der Waals surface area (Å²) in [5, 5.41) is 12.1. The third-order valence-electron chi connectivity index (χ3n) is 5.54. The third-order valence-corrected chi connectivity index (χ3v) is 5.54. The fourth-order valence-electron chi connectivity index (χ4n) is 3.89. The Hall–Kier alpha value is -3.13. The highest BCUT2D eigenvalue weighted by molar-refractivity contribution is 5.91. The van der Waals surface area contributed by atoms with E-state index < -0.39 is 6.09 Å². The lowest BCUT2D eigenvalue weighted by atomic mass is 10.0. The standard InChI is InChI=1S/C23H29N5O3/c1-3-20-18(14-24-23(29)31-17-8-6-5-7-9-17)21(26-16-10-12-30-13-11-16)19-15-25-28(4-2)22(19)27-20/h5-9,15-16H,3-4,10-14H2,1-2H3,(H,24,29)(H,26,27). The first-order valence-electron chi connectivity index (χ1n) is 10.9. The summed E-state index contributed by atoms with van der Waals surface area (Å²) in [6.45, 7) is 6.69. The number of hydrogen-bond acceptors (Lipinski definition) is 6. The molecule has 3 heterocycles. The maximum atomic E-state index is 12.4. The first kappa shape index (κ1) is 21.1. The largest absolute Gasteiger partial charge is 0.412 e. The Morgan fingerprint density at radius 1 is 1.23 bits per heavy atom. The Bertz CT molecular complexity index is 1030. The molecule has 164 valence electrons. The molecule has 0 aliphatic carbocycles. The number of carbonyl (C=O) groups excluding carboxylic acids is 1. The predicted octanol–water partition coefficient (Wildman–Crippen LogP) is 3.89. The molecule has 1 saturated heterocycles. The number of pyridine rings is 1. The fourth-order valence-corrected chi connectivity index (χ4v) is 3.89. The van der Waals surface area contributed by atoms with Crippen molar-refractivity contribution in [3.05, 3.63) is 47.8 Å². The number of amides is 1. The third kappa shape index (κ3) is 4.80. The number of para-hydroxylation sites is 1. The van der Waals surface area contributed by atoms with E-state index in [1.54, 1.807) is 12.1 Å². The molecule has 0 bridgehead atoms. The van der Waals surface area contributed by atoms with E-state index in [2.05, 4.69) is 29.6 Å². The zero-order valence-electron chi connectivity index (χ0n) is 18.1. The molecule has 0 unspecified atom stereocenters. The van der Waals surface area contributed by atoms with Crippen LogP contribution < -0.4 is 15.4 Å². The molecule has 0 spiro atoms. The maximum Gasteiger partial charge on any atom is 0.412 e. The summed E-state index contributed by atoms with van der Waals surface area (Å²) >= 11 is 0. The zero-order valence-corrected chi connectivity index (χ0v) is 18.1. The summed E-state index contributed by atoms with van der Waals surface area (Å²) in [7, 11) is 0. The molecular weight excluding hydrogens is 394 g/mol. The number of nitrogens with one attached hydrogen (secondary N) is 2. The monoisotopic (exact) mass is 423 g/mol. The van der Waals surface area contributed by atoms with Gasteiger partial charge in [-0.3, -0.25) is 0 Å². The second-order valence-corrected chi connectivity index (χ2v) is 7.55. The van der Waals surface area contributed by atoms with Crippen molar-refractivity contribution in [3.63, 3.8) is 0 Å². The van der Waals surface area contributed by atoms with Crippen molar-refractivity contribution in [2.75, 3.05) is 18.5 Å². The van der Waals surface area contributed by atoms with E-state index >= 15 is 0 Å². The summed E-state index contributed by atoms with van der Waals surface area (Å²) in [6, 6.07) is 9.35. The van der Waals surface area contributed by atoms with Crippen LogP contribution >= 0.6 is 0 Å². The van der Waals surface area contributed by atoms with Crippen LogP contribution in [-0.4, -0.2) is 40.1 Å². The highest BCUT2D eigenvalue weighted by Gasteiger charge is 2.22. The van der Waals surface area contributed by atoms with Gasteiger partial charge in [-0.25, -0.2) is 14.5 Å². The minimum atomic E-state index is -0.491. The second kappa shape index (κ2) is 9.78. The summed E-state index contributed by atoms with van der Waals surface area (Å²) in [5.41, 5.74) is 3.78. The number of carbonyl (C=O) groups is 1. The smallest absolute Gasteiger partial charge is 0.410 e. The van der Waals surface area contributed by atoms with Crippen LogP contribution in [0.3, 0.4) is 0 Å². The van der Waals surface area contributed by atoms with Crippen LogP contribution in [0, 0.1) is 0 Å². The first-order valence-corrected chi connectivity index (χ1v) is 10.9. The van der Waals surface area contributed by atoms with Crippen LogP contribution in [-0.2, 0) is 24.2 Å². The molecule has 1 aliphatic rings. The van der Waals surface area contributed by atoms with E-state index in [0.29, 0.717) is 18.3 Å². The van der Waals surface area contributed by atoms with Gasteiger partial charge in [-0.2, -0.15) is 5.10 Å². The number of rotatable bonds is 7. The lowest BCUT2D eigenvalue weighted by molar-refractivity contribution is 0.0904. The number of fused-ring (bicyclic) bond motifs is 1. The molecule has 8 heteroatoms. The topological polar surface area (TPSA) is 90.3 Å². The molecule has 3 aromatic rings. The van der Waals surface area contributed by atoms with Gasteiger partial charge in [0, 0.05) is 37.1 Å². The zero-order chi connectivity index (χ0) is 21.6. The van der Waals surface area contributed by atoms with Gasteiger partial charge in [-0.05, 0) is 38.3 Å². The van der Waals surface area contributed by atoms with Crippen LogP contribution in [0.4, 0.5) is 10.5 Å². The Balaban J connectivity index is 1.63. The van der Waals surface area contributed by atoms with Gasteiger partial charge in [0.2, 0.25) is 0 Å². The maximum absolute atomic E-state index is 12.4. The molecule has 0 radical (unpaired) electrons. The Morgan fingerprint density at radius 2 is 2.00 bits per heavy atom. The van der Waals surface area contributed by atoms with Crippen molar-refractivity contribution >= 4 is 22.8 Å². The molecule has 1 aromatic carbocycles. The van der Waals surface area contributed by atoms with Gasteiger partial charge in [-0.1, -0.05) is 25.1 Å². The van der Waals surface area contributed by atoms with E-state index in [1.807, 2.05) is 29.1 Å². The Labute approximate surface area is 181 Å². The lowest BCUT2D eigenvalue weighted by Crippen LogP contribution is -2.30. The first-order chi connectivity index (χ1) is 15.2. The number of hydrogen-bond donors (Lipinski definition) is 2. The quantitative estimate of drug-likeness (QED) is 0.599. The number of aromatic nitrogens is 3. The minimum absolute atomic E-state index is 0.309. The van der Waals surface area contributed by atoms with Gasteiger partial charge >= 0.3 is 6.09 Å². The van der Waals surface area contributed by atoms with Gasteiger partial charge in [0.15, 0.2) is 5.65 Å². The van der Waals surface area contributed by atoms with Crippen LogP contribution in [0.5, 0.6) is 5.75 Å². The summed E-state index contributed by atoms with van der Waals surface area (Å²) in [6.07, 6.45) is 4.00. The number of benzene rings is 1. The molecule has 0 saturated carbocycles. The number of ether oxygens (including phenoxy) is 2. The van der Waals surface area contributed by atoms with Crippen molar-refractivity contribution in [1.29, 1.82) is 0 Å². The molecule has 1 amide bonds. The van der Waals surface area contributed by atoms with E-state index in [4.69, 9.17) is 14.5 Å². The molecule has 1 aliphatic heterocycles. The number of anilines is 1. The fraction of sp³-hybridized carbons (Fsp3) is 0.435. The van der Waals surface area contributed by atoms with Crippen LogP contribution in [0.2, 0.25) is 0 Å². The van der Waals surface area contributed by atoms with E-state index in [9.17, 15) is 4.79 Å². The van der Waals surface area contributed by atoms with Gasteiger partial charge in [0.25, 0.3) is 0 Å².